The Balaban J connectivity index is 2.20. The fourth-order valence-electron chi connectivity index (χ4n) is 1.58. The summed E-state index contributed by atoms with van der Waals surface area (Å²) in [6.07, 6.45) is 0. The number of anilines is 2. The van der Waals surface area contributed by atoms with Gasteiger partial charge in [0.05, 0.1) is 6.54 Å². The minimum absolute atomic E-state index is 0.0365. The molecule has 0 radical (unpaired) electrons. The Hall–Kier alpha value is -2.13. The molecule has 3 nitrogen and oxygen atoms in total. The highest BCUT2D eigenvalue weighted by atomic mass is 16.1. The Labute approximate surface area is 100 Å². The van der Waals surface area contributed by atoms with E-state index in [1.807, 2.05) is 48.5 Å². The molecule has 0 spiro atoms. The van der Waals surface area contributed by atoms with Gasteiger partial charge in [-0.05, 0) is 24.3 Å². The van der Waals surface area contributed by atoms with Crippen molar-refractivity contribution in [3.63, 3.8) is 0 Å². The van der Waals surface area contributed by atoms with Gasteiger partial charge >= 0.3 is 0 Å². The van der Waals surface area contributed by atoms with Gasteiger partial charge in [-0.3, -0.25) is 4.79 Å². The number of nitrogens with one attached hydrogen (secondary N) is 1. The van der Waals surface area contributed by atoms with Crippen LogP contribution in [0.3, 0.4) is 0 Å². The average molecular weight is 226 g/mol. The predicted octanol–water partition coefficient (Wildman–Crippen LogP) is 2.57. The minimum Gasteiger partial charge on any atom is -0.356 e. The third-order valence-corrected chi connectivity index (χ3v) is 2.43. The zero-order valence-electron chi connectivity index (χ0n) is 9.39. The zero-order valence-corrected chi connectivity index (χ0v) is 9.39. The van der Waals surface area contributed by atoms with Crippen molar-refractivity contribution < 1.29 is 4.79 Å². The number of Topliss-reactive ketones (excluding diaryl/α,β-unsaturated/α-hetero) is 1. The second-order valence-electron chi connectivity index (χ2n) is 3.70. The van der Waals surface area contributed by atoms with E-state index >= 15 is 0 Å². The summed E-state index contributed by atoms with van der Waals surface area (Å²) in [6.45, 7) is 0.0365. The topological polar surface area (TPSA) is 55.1 Å². The summed E-state index contributed by atoms with van der Waals surface area (Å²) in [4.78, 5) is 11.5. The van der Waals surface area contributed by atoms with E-state index in [0.717, 1.165) is 11.4 Å². The molecule has 3 N–H and O–H groups in total. The molecule has 17 heavy (non-hydrogen) atoms. The molecule has 0 fully saturated rings. The van der Waals surface area contributed by atoms with Gasteiger partial charge in [-0.2, -0.15) is 0 Å². The molecule has 0 aromatic heterocycles. The van der Waals surface area contributed by atoms with E-state index in [1.165, 1.54) is 0 Å². The summed E-state index contributed by atoms with van der Waals surface area (Å²) in [6, 6.07) is 17.1. The lowest BCUT2D eigenvalue weighted by molar-refractivity contribution is 0.100. The highest BCUT2D eigenvalue weighted by Crippen LogP contribution is 2.17. The van der Waals surface area contributed by atoms with Gasteiger partial charge < -0.3 is 11.1 Å². The smallest absolute Gasteiger partial charge is 0.176 e. The second kappa shape index (κ2) is 5.27. The molecule has 0 aliphatic heterocycles. The molecule has 2 aromatic rings. The number of nitrogens with two attached hydrogens (primary N) is 1. The van der Waals surface area contributed by atoms with Crippen molar-refractivity contribution in [3.8, 4) is 0 Å². The summed E-state index contributed by atoms with van der Waals surface area (Å²) in [5, 5.41) is 3.23. The largest absolute Gasteiger partial charge is 0.356 e. The Morgan fingerprint density at radius 2 is 1.71 bits per heavy atom. The van der Waals surface area contributed by atoms with Gasteiger partial charge in [0.2, 0.25) is 0 Å². The van der Waals surface area contributed by atoms with Crippen LogP contribution in [0.5, 0.6) is 0 Å². The number of carbonyl (C=O) groups excluding carboxylic acids is 1. The quantitative estimate of drug-likeness (QED) is 0.788. The van der Waals surface area contributed by atoms with Crippen LogP contribution < -0.4 is 11.1 Å². The Bertz CT molecular complexity index is 509. The van der Waals surface area contributed by atoms with Crippen molar-refractivity contribution in [2.75, 3.05) is 11.9 Å². The summed E-state index contributed by atoms with van der Waals surface area (Å²) in [5.74, 6) is -0.0540. The van der Waals surface area contributed by atoms with Crippen molar-refractivity contribution >= 4 is 17.2 Å². The highest BCUT2D eigenvalue weighted by molar-refractivity contribution is 5.98. The van der Waals surface area contributed by atoms with Crippen LogP contribution in [0.2, 0.25) is 0 Å². The zero-order chi connectivity index (χ0) is 12.1. The molecule has 0 saturated carbocycles. The van der Waals surface area contributed by atoms with Gasteiger partial charge in [-0.25, -0.2) is 0 Å². The van der Waals surface area contributed by atoms with Crippen LogP contribution in [-0.4, -0.2) is 12.3 Å². The Kier molecular flexibility index (Phi) is 3.52. The molecular formula is C14H14N2O. The maximum absolute atomic E-state index is 11.5. The van der Waals surface area contributed by atoms with Crippen LogP contribution in [0, 0.1) is 0 Å². The summed E-state index contributed by atoms with van der Waals surface area (Å²) in [7, 11) is 0. The van der Waals surface area contributed by atoms with Gasteiger partial charge in [-0.1, -0.05) is 30.3 Å². The minimum atomic E-state index is -0.0540. The van der Waals surface area contributed by atoms with Crippen LogP contribution in [-0.2, 0) is 0 Å². The van der Waals surface area contributed by atoms with E-state index in [1.54, 1.807) is 6.07 Å². The molecule has 0 unspecified atom stereocenters. The van der Waals surface area contributed by atoms with Crippen LogP contribution in [0.1, 0.15) is 10.4 Å². The first kappa shape index (κ1) is 11.4. The van der Waals surface area contributed by atoms with Crippen LogP contribution in [0.25, 0.3) is 0 Å². The van der Waals surface area contributed by atoms with E-state index in [0.29, 0.717) is 5.56 Å². The normalized spacial score (nSPS) is 9.94. The first-order chi connectivity index (χ1) is 8.29. The predicted molar refractivity (Wildman–Crippen MR) is 69.6 cm³/mol. The van der Waals surface area contributed by atoms with Gasteiger partial charge in [0.1, 0.15) is 0 Å². The van der Waals surface area contributed by atoms with Crippen molar-refractivity contribution in [3.05, 3.63) is 60.2 Å². The highest BCUT2D eigenvalue weighted by Gasteiger charge is 2.03. The molecule has 86 valence electrons. The molecule has 0 saturated heterocycles. The molecule has 0 aliphatic rings. The number of ketones is 1. The fraction of sp³-hybridized carbons (Fsp3) is 0.0714. The number of carbonyl (C=O) groups is 1. The van der Waals surface area contributed by atoms with E-state index in [4.69, 9.17) is 5.73 Å². The van der Waals surface area contributed by atoms with Crippen LogP contribution in [0.4, 0.5) is 11.4 Å². The summed E-state index contributed by atoms with van der Waals surface area (Å²) >= 11 is 0. The lowest BCUT2D eigenvalue weighted by Crippen LogP contribution is -2.13. The molecule has 0 atom stereocenters. The third kappa shape index (κ3) is 2.92. The molecule has 2 rings (SSSR count). The number of hydrogen-bond donors (Lipinski definition) is 2. The van der Waals surface area contributed by atoms with Crippen LogP contribution in [0.15, 0.2) is 54.6 Å². The SMILES string of the molecule is NCC(=O)c1cccc(Nc2ccccc2)c1. The van der Waals surface area contributed by atoms with Crippen molar-refractivity contribution in [1.82, 2.24) is 0 Å². The van der Waals surface area contributed by atoms with Crippen LogP contribution >= 0.6 is 0 Å². The maximum atomic E-state index is 11.5. The summed E-state index contributed by atoms with van der Waals surface area (Å²) < 4.78 is 0. The monoisotopic (exact) mass is 226 g/mol. The van der Waals surface area contributed by atoms with E-state index in [2.05, 4.69) is 5.32 Å². The maximum Gasteiger partial charge on any atom is 0.176 e. The molecule has 0 aliphatic carbocycles. The summed E-state index contributed by atoms with van der Waals surface area (Å²) in [5.41, 5.74) is 7.84. The second-order valence-corrected chi connectivity index (χ2v) is 3.70. The first-order valence-corrected chi connectivity index (χ1v) is 5.45. The lowest BCUT2D eigenvalue weighted by Gasteiger charge is -2.07. The molecular weight excluding hydrogens is 212 g/mol. The van der Waals surface area contributed by atoms with Crippen molar-refractivity contribution in [1.29, 1.82) is 0 Å². The number of para-hydroxylation sites is 1. The molecule has 0 heterocycles. The van der Waals surface area contributed by atoms with E-state index < -0.39 is 0 Å². The van der Waals surface area contributed by atoms with Gasteiger partial charge in [-0.15, -0.1) is 0 Å². The molecule has 0 amide bonds. The number of hydrogen-bond acceptors (Lipinski definition) is 3. The Morgan fingerprint density at radius 1 is 1.00 bits per heavy atom. The average Bonchev–Trinajstić information content (AvgIpc) is 2.39. The van der Waals surface area contributed by atoms with Gasteiger partial charge in [0.15, 0.2) is 5.78 Å². The number of rotatable bonds is 4. The standard InChI is InChI=1S/C14H14N2O/c15-10-14(17)11-5-4-8-13(9-11)16-12-6-2-1-3-7-12/h1-9,16H,10,15H2. The van der Waals surface area contributed by atoms with E-state index in [-0.39, 0.29) is 12.3 Å². The lowest BCUT2D eigenvalue weighted by atomic mass is 10.1. The van der Waals surface area contributed by atoms with Crippen molar-refractivity contribution in [2.24, 2.45) is 5.73 Å². The van der Waals surface area contributed by atoms with Crippen molar-refractivity contribution in [2.45, 2.75) is 0 Å². The Morgan fingerprint density at radius 3 is 2.41 bits per heavy atom. The van der Waals surface area contributed by atoms with E-state index in [9.17, 15) is 4.79 Å². The molecule has 0 bridgehead atoms. The van der Waals surface area contributed by atoms with Gasteiger partial charge in [0, 0.05) is 16.9 Å². The molecule has 3 heteroatoms. The number of benzene rings is 2. The van der Waals surface area contributed by atoms with Gasteiger partial charge in [0.25, 0.3) is 0 Å². The first-order valence-electron chi connectivity index (χ1n) is 5.45. The fourth-order valence-corrected chi connectivity index (χ4v) is 1.58. The third-order valence-electron chi connectivity index (χ3n) is 2.43. The molecule has 2 aromatic carbocycles.